The first kappa shape index (κ1) is 24.0. The fraction of sp³-hybridized carbons (Fsp3) is 0.630. The number of carbonyl (C=O) groups excluding carboxylic acids is 1. The van der Waals surface area contributed by atoms with Crippen LogP contribution in [-0.2, 0) is 16.8 Å². The first-order chi connectivity index (χ1) is 17.2. The molecule has 5 aliphatic heterocycles. The highest BCUT2D eigenvalue weighted by atomic mass is 19.3. The number of halogens is 2. The highest BCUT2D eigenvalue weighted by Crippen LogP contribution is 2.49. The van der Waals surface area contributed by atoms with Gasteiger partial charge in [0.2, 0.25) is 5.91 Å². The summed E-state index contributed by atoms with van der Waals surface area (Å²) in [6, 6.07) is 3.84. The Balaban J connectivity index is 1.42. The van der Waals surface area contributed by atoms with Crippen LogP contribution in [0.4, 0.5) is 14.5 Å². The molecule has 2 fully saturated rings. The zero-order valence-electron chi connectivity index (χ0n) is 21.3. The van der Waals surface area contributed by atoms with E-state index in [4.69, 9.17) is 5.41 Å². The predicted molar refractivity (Wildman–Crippen MR) is 136 cm³/mol. The number of amides is 1. The van der Waals surface area contributed by atoms with E-state index in [0.29, 0.717) is 24.6 Å². The second kappa shape index (κ2) is 8.33. The highest BCUT2D eigenvalue weighted by molar-refractivity contribution is 5.78. The molecule has 0 saturated carbocycles. The molecule has 1 aromatic carbocycles. The number of hydrogen-bond donors (Lipinski definition) is 3. The van der Waals surface area contributed by atoms with E-state index in [0.717, 1.165) is 56.7 Å². The fourth-order valence-corrected chi connectivity index (χ4v) is 7.26. The molecule has 2 saturated heterocycles. The molecule has 194 valence electrons. The average Bonchev–Trinajstić information content (AvgIpc) is 3.28. The van der Waals surface area contributed by atoms with Crippen LogP contribution in [0.2, 0.25) is 0 Å². The molecule has 1 aromatic rings. The minimum atomic E-state index is -2.61. The van der Waals surface area contributed by atoms with Crippen LogP contribution in [0.25, 0.3) is 0 Å². The lowest BCUT2D eigenvalue weighted by molar-refractivity contribution is -0.128. The zero-order valence-corrected chi connectivity index (χ0v) is 21.3. The average molecular weight is 499 g/mol. The minimum absolute atomic E-state index is 0.0230. The molecule has 5 aliphatic rings. The van der Waals surface area contributed by atoms with Crippen LogP contribution in [-0.4, -0.2) is 79.9 Å². The van der Waals surface area contributed by atoms with Gasteiger partial charge in [0, 0.05) is 56.6 Å². The SMILES string of the molecule is CC(=O)N1CCC2=C(C1)C(C)(N1CCc3cc(C4(C=N)CN4C)c(C(F)F)cc31)NC2C1CCNC1. The van der Waals surface area contributed by atoms with Gasteiger partial charge in [-0.15, -0.1) is 0 Å². The van der Waals surface area contributed by atoms with E-state index in [1.54, 1.807) is 13.0 Å². The summed E-state index contributed by atoms with van der Waals surface area (Å²) < 4.78 is 28.8. The number of benzene rings is 1. The van der Waals surface area contributed by atoms with Gasteiger partial charge in [0.05, 0.1) is 5.54 Å². The Morgan fingerprint density at radius 3 is 2.67 bits per heavy atom. The number of likely N-dealkylation sites (N-methyl/N-ethyl adjacent to an activating group) is 1. The molecule has 0 radical (unpaired) electrons. The van der Waals surface area contributed by atoms with E-state index < -0.39 is 17.6 Å². The van der Waals surface area contributed by atoms with Crippen molar-refractivity contribution in [2.75, 3.05) is 51.2 Å². The van der Waals surface area contributed by atoms with E-state index in [1.165, 1.54) is 17.4 Å². The van der Waals surface area contributed by atoms with Gasteiger partial charge in [0.1, 0.15) is 5.66 Å². The third-order valence-corrected chi connectivity index (χ3v) is 9.48. The Hall–Kier alpha value is -2.36. The highest BCUT2D eigenvalue weighted by Gasteiger charge is 2.54. The van der Waals surface area contributed by atoms with Crippen LogP contribution in [0.5, 0.6) is 0 Å². The van der Waals surface area contributed by atoms with Crippen molar-refractivity contribution in [3.8, 4) is 0 Å². The van der Waals surface area contributed by atoms with Gasteiger partial charge in [-0.3, -0.25) is 15.0 Å². The molecule has 9 heteroatoms. The Bertz CT molecular complexity index is 1150. The Morgan fingerprint density at radius 1 is 1.28 bits per heavy atom. The summed E-state index contributed by atoms with van der Waals surface area (Å²) in [6.45, 7) is 8.41. The summed E-state index contributed by atoms with van der Waals surface area (Å²) in [4.78, 5) is 18.4. The van der Waals surface area contributed by atoms with Gasteiger partial charge in [-0.05, 0) is 80.6 Å². The minimum Gasteiger partial charge on any atom is -0.349 e. The molecule has 1 amide bonds. The van der Waals surface area contributed by atoms with Crippen molar-refractivity contribution < 1.29 is 13.6 Å². The van der Waals surface area contributed by atoms with Crippen molar-refractivity contribution in [3.63, 3.8) is 0 Å². The third kappa shape index (κ3) is 3.39. The van der Waals surface area contributed by atoms with Crippen molar-refractivity contribution >= 4 is 17.8 Å². The quantitative estimate of drug-likeness (QED) is 0.331. The Labute approximate surface area is 211 Å². The van der Waals surface area contributed by atoms with Gasteiger partial charge < -0.3 is 20.5 Å². The maximum Gasteiger partial charge on any atom is 0.264 e. The number of rotatable bonds is 5. The number of nitrogens with zero attached hydrogens (tertiary/aromatic N) is 3. The van der Waals surface area contributed by atoms with E-state index in [9.17, 15) is 13.6 Å². The molecule has 7 nitrogen and oxygen atoms in total. The lowest BCUT2D eigenvalue weighted by Gasteiger charge is -2.43. The van der Waals surface area contributed by atoms with Crippen LogP contribution in [0.1, 0.15) is 49.8 Å². The number of hydrogen-bond acceptors (Lipinski definition) is 6. The van der Waals surface area contributed by atoms with E-state index in [-0.39, 0.29) is 17.5 Å². The summed E-state index contributed by atoms with van der Waals surface area (Å²) in [5.41, 5.74) is 3.88. The van der Waals surface area contributed by atoms with Crippen LogP contribution in [0.3, 0.4) is 0 Å². The summed E-state index contributed by atoms with van der Waals surface area (Å²) in [5.74, 6) is 0.562. The van der Waals surface area contributed by atoms with Crippen LogP contribution in [0.15, 0.2) is 23.3 Å². The fourth-order valence-electron chi connectivity index (χ4n) is 7.26. The monoisotopic (exact) mass is 498 g/mol. The molecule has 0 spiro atoms. The van der Waals surface area contributed by atoms with Gasteiger partial charge in [-0.25, -0.2) is 8.78 Å². The lowest BCUT2D eigenvalue weighted by Crippen LogP contribution is -2.59. The molecular weight excluding hydrogens is 462 g/mol. The van der Waals surface area contributed by atoms with Crippen LogP contribution < -0.4 is 15.5 Å². The lowest BCUT2D eigenvalue weighted by atomic mass is 9.87. The standard InChI is InChI=1S/C27H36F2N6O/c1-16(36)34-8-6-19-22(13-34)26(2,32-24(19)18-4-7-31-12-18)35-9-5-17-10-21(27(14-30)15-33(27)3)20(25(28)29)11-23(17)35/h10-11,14,18,24-25,30-32H,4-9,12-13,15H2,1-3H3. The van der Waals surface area contributed by atoms with Crippen molar-refractivity contribution in [1.29, 1.82) is 5.41 Å². The summed E-state index contributed by atoms with van der Waals surface area (Å²) in [7, 11) is 1.87. The number of nitrogens with one attached hydrogen (secondary N) is 3. The maximum absolute atomic E-state index is 14.4. The summed E-state index contributed by atoms with van der Waals surface area (Å²) in [6.07, 6.45) is 1.43. The molecule has 3 N–H and O–H groups in total. The van der Waals surface area contributed by atoms with Crippen molar-refractivity contribution in [3.05, 3.63) is 40.0 Å². The molecule has 5 heterocycles. The zero-order chi connectivity index (χ0) is 25.4. The summed E-state index contributed by atoms with van der Waals surface area (Å²) in [5, 5.41) is 15.4. The second-order valence-electron chi connectivity index (χ2n) is 11.3. The van der Waals surface area contributed by atoms with Gasteiger partial charge in [-0.1, -0.05) is 6.07 Å². The molecule has 6 rings (SSSR count). The normalized spacial score (nSPS) is 35.4. The molecule has 0 bridgehead atoms. The van der Waals surface area contributed by atoms with E-state index in [1.807, 2.05) is 22.9 Å². The van der Waals surface area contributed by atoms with Crippen molar-refractivity contribution in [2.24, 2.45) is 5.92 Å². The number of carbonyl (C=O) groups is 1. The van der Waals surface area contributed by atoms with Gasteiger partial charge in [0.15, 0.2) is 0 Å². The van der Waals surface area contributed by atoms with E-state index >= 15 is 0 Å². The van der Waals surface area contributed by atoms with Crippen LogP contribution in [0, 0.1) is 11.3 Å². The largest absolute Gasteiger partial charge is 0.349 e. The number of anilines is 1. The molecule has 0 aliphatic carbocycles. The molecule has 5 atom stereocenters. The van der Waals surface area contributed by atoms with Crippen molar-refractivity contribution in [2.45, 2.75) is 56.8 Å². The topological polar surface area (TPSA) is 74.5 Å². The first-order valence-corrected chi connectivity index (χ1v) is 13.1. The molecule has 36 heavy (non-hydrogen) atoms. The van der Waals surface area contributed by atoms with E-state index in [2.05, 4.69) is 22.5 Å². The molecular formula is C27H36F2N6O. The second-order valence-corrected chi connectivity index (χ2v) is 11.3. The summed E-state index contributed by atoms with van der Waals surface area (Å²) >= 11 is 0. The molecule has 0 aromatic heterocycles. The smallest absolute Gasteiger partial charge is 0.264 e. The number of fused-ring (bicyclic) bond motifs is 1. The first-order valence-electron chi connectivity index (χ1n) is 13.1. The maximum atomic E-state index is 14.4. The Morgan fingerprint density at radius 2 is 2.06 bits per heavy atom. The third-order valence-electron chi connectivity index (χ3n) is 9.48. The Kier molecular flexibility index (Phi) is 5.55. The number of alkyl halides is 2. The van der Waals surface area contributed by atoms with Crippen molar-refractivity contribution in [1.82, 2.24) is 20.4 Å². The van der Waals surface area contributed by atoms with Gasteiger partial charge >= 0.3 is 0 Å². The van der Waals surface area contributed by atoms with Crippen LogP contribution >= 0.6 is 0 Å². The van der Waals surface area contributed by atoms with Gasteiger partial charge in [0.25, 0.3) is 6.43 Å². The predicted octanol–water partition coefficient (Wildman–Crippen LogP) is 2.62. The molecule has 5 unspecified atom stereocenters. The van der Waals surface area contributed by atoms with Gasteiger partial charge in [-0.2, -0.15) is 0 Å².